The molecular formula is C11H10BrF3. The smallest absolute Gasteiger partial charge is 0.170 e. The van der Waals surface area contributed by atoms with Crippen LogP contribution in [0.25, 0.3) is 0 Å². The van der Waals surface area contributed by atoms with Crippen molar-refractivity contribution in [1.29, 1.82) is 0 Å². The summed E-state index contributed by atoms with van der Waals surface area (Å²) in [5.74, 6) is 0. The molecule has 82 valence electrons. The molecule has 1 fully saturated rings. The molecule has 0 aliphatic heterocycles. The van der Waals surface area contributed by atoms with Crippen LogP contribution in [0.5, 0.6) is 0 Å². The number of rotatable bonds is 2. The Kier molecular flexibility index (Phi) is 2.57. The lowest BCUT2D eigenvalue weighted by Crippen LogP contribution is -2.26. The Morgan fingerprint density at radius 2 is 1.67 bits per heavy atom. The molecule has 1 aliphatic carbocycles. The number of hydrogen-bond donors (Lipinski definition) is 0. The third kappa shape index (κ3) is 2.19. The Labute approximate surface area is 94.6 Å². The Morgan fingerprint density at radius 3 is 2.07 bits per heavy atom. The van der Waals surface area contributed by atoms with E-state index in [1.807, 2.05) is 0 Å². The summed E-state index contributed by atoms with van der Waals surface area (Å²) >= 11 is 3.26. The van der Waals surface area contributed by atoms with Gasteiger partial charge >= 0.3 is 6.18 Å². The highest BCUT2D eigenvalue weighted by Crippen LogP contribution is 2.59. The van der Waals surface area contributed by atoms with Crippen molar-refractivity contribution in [3.05, 3.63) is 34.3 Å². The zero-order valence-corrected chi connectivity index (χ0v) is 9.53. The zero-order valence-electron chi connectivity index (χ0n) is 7.94. The second-order valence-electron chi connectivity index (χ2n) is 4.08. The van der Waals surface area contributed by atoms with E-state index in [2.05, 4.69) is 15.9 Å². The maximum absolute atomic E-state index is 12.7. The highest BCUT2D eigenvalue weighted by atomic mass is 79.9. The molecule has 2 rings (SSSR count). The minimum absolute atomic E-state index is 0.115. The van der Waals surface area contributed by atoms with Gasteiger partial charge in [0.05, 0.1) is 5.41 Å². The van der Waals surface area contributed by atoms with Gasteiger partial charge in [0.25, 0.3) is 0 Å². The van der Waals surface area contributed by atoms with E-state index in [4.69, 9.17) is 0 Å². The third-order valence-corrected chi connectivity index (χ3v) is 3.44. The van der Waals surface area contributed by atoms with Crippen molar-refractivity contribution >= 4 is 15.9 Å². The topological polar surface area (TPSA) is 0 Å². The van der Waals surface area contributed by atoms with E-state index in [0.29, 0.717) is 0 Å². The Hall–Kier alpha value is -0.510. The molecule has 0 nitrogen and oxygen atoms in total. The van der Waals surface area contributed by atoms with Crippen molar-refractivity contribution in [2.45, 2.75) is 25.4 Å². The molecule has 0 atom stereocenters. The summed E-state index contributed by atoms with van der Waals surface area (Å²) in [5, 5.41) is 0. The molecule has 0 amide bonds. The van der Waals surface area contributed by atoms with Crippen molar-refractivity contribution in [2.24, 2.45) is 5.41 Å². The molecule has 1 aromatic carbocycles. The molecule has 0 N–H and O–H groups in total. The minimum Gasteiger partial charge on any atom is -0.170 e. The fourth-order valence-electron chi connectivity index (χ4n) is 1.70. The molecular weight excluding hydrogens is 269 g/mol. The van der Waals surface area contributed by atoms with Gasteiger partial charge < -0.3 is 0 Å². The zero-order chi connectivity index (χ0) is 11.1. The van der Waals surface area contributed by atoms with Crippen LogP contribution in [0.3, 0.4) is 0 Å². The lowest BCUT2D eigenvalue weighted by atomic mass is 9.96. The average molecular weight is 279 g/mol. The van der Waals surface area contributed by atoms with Gasteiger partial charge in [0.1, 0.15) is 0 Å². The maximum Gasteiger partial charge on any atom is 0.394 e. The van der Waals surface area contributed by atoms with Crippen LogP contribution >= 0.6 is 15.9 Å². The largest absolute Gasteiger partial charge is 0.394 e. The fourth-order valence-corrected chi connectivity index (χ4v) is 1.97. The highest BCUT2D eigenvalue weighted by Gasteiger charge is 2.62. The van der Waals surface area contributed by atoms with Gasteiger partial charge in [0.2, 0.25) is 0 Å². The van der Waals surface area contributed by atoms with Gasteiger partial charge in [0.15, 0.2) is 0 Å². The van der Waals surface area contributed by atoms with Crippen LogP contribution in [0.1, 0.15) is 18.4 Å². The van der Waals surface area contributed by atoms with Crippen LogP contribution < -0.4 is 0 Å². The number of halogens is 4. The normalized spacial score (nSPS) is 18.9. The summed E-state index contributed by atoms with van der Waals surface area (Å²) in [7, 11) is 0. The lowest BCUT2D eigenvalue weighted by molar-refractivity contribution is -0.186. The Balaban J connectivity index is 2.13. The highest BCUT2D eigenvalue weighted by molar-refractivity contribution is 9.10. The van der Waals surface area contributed by atoms with Crippen molar-refractivity contribution in [2.75, 3.05) is 0 Å². The van der Waals surface area contributed by atoms with Crippen LogP contribution in [-0.2, 0) is 6.42 Å². The summed E-state index contributed by atoms with van der Waals surface area (Å²) in [6.07, 6.45) is -3.40. The van der Waals surface area contributed by atoms with E-state index >= 15 is 0 Å². The molecule has 0 bridgehead atoms. The summed E-state index contributed by atoms with van der Waals surface area (Å²) in [4.78, 5) is 0. The maximum atomic E-state index is 12.7. The monoisotopic (exact) mass is 278 g/mol. The van der Waals surface area contributed by atoms with Crippen molar-refractivity contribution in [1.82, 2.24) is 0 Å². The SMILES string of the molecule is FC(F)(F)C1(Cc2ccc(Br)cc2)CC1. The average Bonchev–Trinajstić information content (AvgIpc) is 2.89. The predicted octanol–water partition coefficient (Wildman–Crippen LogP) is 4.33. The second kappa shape index (κ2) is 3.51. The first-order chi connectivity index (χ1) is 6.93. The van der Waals surface area contributed by atoms with Crippen LogP contribution in [0, 0.1) is 5.41 Å². The van der Waals surface area contributed by atoms with Gasteiger partial charge in [-0.05, 0) is 37.0 Å². The summed E-state index contributed by atoms with van der Waals surface area (Å²) < 4.78 is 38.8. The molecule has 0 heterocycles. The van der Waals surface area contributed by atoms with Gasteiger partial charge in [-0.2, -0.15) is 13.2 Å². The fraction of sp³-hybridized carbons (Fsp3) is 0.455. The lowest BCUT2D eigenvalue weighted by Gasteiger charge is -2.18. The van der Waals surface area contributed by atoms with Crippen LogP contribution in [0.15, 0.2) is 28.7 Å². The standard InChI is InChI=1S/C11H10BrF3/c12-9-3-1-8(2-4-9)7-10(5-6-10)11(13,14)15/h1-4H,5-7H2. The predicted molar refractivity (Wildman–Crippen MR) is 55.6 cm³/mol. The molecule has 0 aromatic heterocycles. The van der Waals surface area contributed by atoms with Gasteiger partial charge in [-0.3, -0.25) is 0 Å². The molecule has 15 heavy (non-hydrogen) atoms. The summed E-state index contributed by atoms with van der Waals surface area (Å²) in [6.45, 7) is 0. The van der Waals surface area contributed by atoms with Crippen molar-refractivity contribution in [3.8, 4) is 0 Å². The first kappa shape index (κ1) is 11.0. The number of alkyl halides is 3. The van der Waals surface area contributed by atoms with Crippen molar-refractivity contribution in [3.63, 3.8) is 0 Å². The number of benzene rings is 1. The van der Waals surface area contributed by atoms with E-state index in [9.17, 15) is 13.2 Å². The van der Waals surface area contributed by atoms with Crippen molar-refractivity contribution < 1.29 is 13.2 Å². The van der Waals surface area contributed by atoms with Crippen LogP contribution in [0.2, 0.25) is 0 Å². The Bertz CT molecular complexity index is 349. The number of hydrogen-bond acceptors (Lipinski definition) is 0. The molecule has 4 heteroatoms. The van der Waals surface area contributed by atoms with Gasteiger partial charge in [-0.1, -0.05) is 28.1 Å². The van der Waals surface area contributed by atoms with E-state index in [1.165, 1.54) is 0 Å². The molecule has 0 radical (unpaired) electrons. The molecule has 0 unspecified atom stereocenters. The van der Waals surface area contributed by atoms with E-state index in [0.717, 1.165) is 10.0 Å². The molecule has 0 spiro atoms. The summed E-state index contributed by atoms with van der Waals surface area (Å²) in [5.41, 5.74) is -0.672. The van der Waals surface area contributed by atoms with Gasteiger partial charge in [0, 0.05) is 4.47 Å². The minimum atomic E-state index is -4.06. The van der Waals surface area contributed by atoms with E-state index in [-0.39, 0.29) is 19.3 Å². The summed E-state index contributed by atoms with van der Waals surface area (Å²) in [6, 6.07) is 7.05. The quantitative estimate of drug-likeness (QED) is 0.755. The second-order valence-corrected chi connectivity index (χ2v) is 5.00. The van der Waals surface area contributed by atoms with Gasteiger partial charge in [-0.25, -0.2) is 0 Å². The molecule has 1 saturated carbocycles. The van der Waals surface area contributed by atoms with E-state index < -0.39 is 11.6 Å². The molecule has 0 saturated heterocycles. The third-order valence-electron chi connectivity index (χ3n) is 2.91. The first-order valence-electron chi connectivity index (χ1n) is 4.74. The van der Waals surface area contributed by atoms with Crippen LogP contribution in [0.4, 0.5) is 13.2 Å². The molecule has 1 aliphatic rings. The van der Waals surface area contributed by atoms with E-state index in [1.54, 1.807) is 24.3 Å². The first-order valence-corrected chi connectivity index (χ1v) is 5.53. The van der Waals surface area contributed by atoms with Crippen LogP contribution in [-0.4, -0.2) is 6.18 Å². The Morgan fingerprint density at radius 1 is 1.13 bits per heavy atom. The van der Waals surface area contributed by atoms with Gasteiger partial charge in [-0.15, -0.1) is 0 Å². The molecule has 1 aromatic rings.